The number of carbonyl (C=O) groups excluding carboxylic acids is 3. The van der Waals surface area contributed by atoms with Crippen molar-refractivity contribution in [2.75, 3.05) is 16.8 Å². The molecule has 0 unspecified atom stereocenters. The van der Waals surface area contributed by atoms with Crippen LogP contribution in [-0.2, 0) is 19.1 Å². The fourth-order valence-corrected chi connectivity index (χ4v) is 3.21. The van der Waals surface area contributed by atoms with Crippen molar-refractivity contribution in [3.05, 3.63) is 64.7 Å². The van der Waals surface area contributed by atoms with Crippen LogP contribution in [0.1, 0.15) is 25.0 Å². The molecule has 6 nitrogen and oxygen atoms in total. The fraction of sp³-hybridized carbons (Fsp3) is 0.227. The van der Waals surface area contributed by atoms with E-state index in [0.29, 0.717) is 16.4 Å². The van der Waals surface area contributed by atoms with E-state index in [1.54, 1.807) is 50.3 Å². The van der Waals surface area contributed by atoms with Crippen molar-refractivity contribution in [1.29, 1.82) is 0 Å². The highest BCUT2D eigenvalue weighted by Gasteiger charge is 2.43. The SMILES string of the molecule is Cc1ccc(/C=C/C(=O)OCC(=O)N2c3ccccc3NC(=O)C2(C)C)cc1Cl. The number of benzene rings is 2. The number of hydrogen-bond donors (Lipinski definition) is 1. The number of nitrogens with zero attached hydrogens (tertiary/aromatic N) is 1. The summed E-state index contributed by atoms with van der Waals surface area (Å²) in [7, 11) is 0. The zero-order valence-electron chi connectivity index (χ0n) is 16.4. The second kappa shape index (κ2) is 8.09. The Morgan fingerprint density at radius 1 is 1.21 bits per heavy atom. The second-order valence-corrected chi connectivity index (χ2v) is 7.62. The number of para-hydroxylation sites is 2. The van der Waals surface area contributed by atoms with Gasteiger partial charge in [0.1, 0.15) is 5.54 Å². The Morgan fingerprint density at radius 2 is 1.93 bits per heavy atom. The molecule has 150 valence electrons. The number of amides is 2. The third-order valence-corrected chi connectivity index (χ3v) is 5.11. The third kappa shape index (κ3) is 4.32. The van der Waals surface area contributed by atoms with Gasteiger partial charge >= 0.3 is 5.97 Å². The molecule has 0 saturated carbocycles. The van der Waals surface area contributed by atoms with Gasteiger partial charge in [0.15, 0.2) is 6.61 Å². The number of nitrogens with one attached hydrogen (secondary N) is 1. The van der Waals surface area contributed by atoms with Crippen LogP contribution in [0.15, 0.2) is 48.5 Å². The van der Waals surface area contributed by atoms with Crippen molar-refractivity contribution in [2.45, 2.75) is 26.3 Å². The first-order valence-electron chi connectivity index (χ1n) is 9.04. The maximum absolute atomic E-state index is 12.8. The summed E-state index contributed by atoms with van der Waals surface area (Å²) in [6, 6.07) is 12.4. The van der Waals surface area contributed by atoms with Gasteiger partial charge < -0.3 is 10.1 Å². The standard InChI is InChI=1S/C22H21ClN2O4/c1-14-8-9-15(12-16(14)23)10-11-20(27)29-13-19(26)25-18-7-5-4-6-17(18)24-21(28)22(25,2)3/h4-12H,13H2,1-3H3,(H,24,28)/b11-10+. The number of ether oxygens (including phenoxy) is 1. The van der Waals surface area contributed by atoms with Gasteiger partial charge in [-0.3, -0.25) is 14.5 Å². The molecule has 3 rings (SSSR count). The zero-order chi connectivity index (χ0) is 21.2. The third-order valence-electron chi connectivity index (χ3n) is 4.70. The first-order chi connectivity index (χ1) is 13.7. The van der Waals surface area contributed by atoms with Crippen LogP contribution in [0.4, 0.5) is 11.4 Å². The summed E-state index contributed by atoms with van der Waals surface area (Å²) in [6.45, 7) is 4.68. The van der Waals surface area contributed by atoms with Crippen LogP contribution in [0, 0.1) is 6.92 Å². The van der Waals surface area contributed by atoms with Crippen LogP contribution in [-0.4, -0.2) is 29.9 Å². The Kier molecular flexibility index (Phi) is 5.75. The predicted octanol–water partition coefficient (Wildman–Crippen LogP) is 3.97. The van der Waals surface area contributed by atoms with Crippen molar-refractivity contribution in [3.63, 3.8) is 0 Å². The number of fused-ring (bicyclic) bond motifs is 1. The lowest BCUT2D eigenvalue weighted by Gasteiger charge is -2.41. The van der Waals surface area contributed by atoms with Crippen molar-refractivity contribution >= 4 is 46.8 Å². The summed E-state index contributed by atoms with van der Waals surface area (Å²) < 4.78 is 5.09. The van der Waals surface area contributed by atoms with E-state index in [1.165, 1.54) is 11.0 Å². The number of hydrogen-bond acceptors (Lipinski definition) is 4. The number of esters is 1. The van der Waals surface area contributed by atoms with Crippen molar-refractivity contribution in [1.82, 2.24) is 0 Å². The van der Waals surface area contributed by atoms with Gasteiger partial charge in [-0.2, -0.15) is 0 Å². The van der Waals surface area contributed by atoms with Gasteiger partial charge in [0.25, 0.3) is 5.91 Å². The van der Waals surface area contributed by atoms with Gasteiger partial charge in [0.05, 0.1) is 11.4 Å². The summed E-state index contributed by atoms with van der Waals surface area (Å²) in [5.41, 5.74) is 1.65. The summed E-state index contributed by atoms with van der Waals surface area (Å²) in [5.74, 6) is -1.47. The lowest BCUT2D eigenvalue weighted by atomic mass is 9.96. The lowest BCUT2D eigenvalue weighted by Crippen LogP contribution is -2.59. The molecular weight excluding hydrogens is 392 g/mol. The molecule has 0 fully saturated rings. The van der Waals surface area contributed by atoms with Crippen LogP contribution in [0.2, 0.25) is 5.02 Å². The molecule has 0 saturated heterocycles. The molecular formula is C22H21ClN2O4. The average Bonchev–Trinajstić information content (AvgIpc) is 2.68. The molecule has 1 N–H and O–H groups in total. The highest BCUT2D eigenvalue weighted by atomic mass is 35.5. The molecule has 0 aromatic heterocycles. The van der Waals surface area contributed by atoms with Crippen LogP contribution >= 0.6 is 11.6 Å². The maximum Gasteiger partial charge on any atom is 0.331 e. The number of anilines is 2. The molecule has 0 spiro atoms. The summed E-state index contributed by atoms with van der Waals surface area (Å²) in [5, 5.41) is 3.38. The van der Waals surface area contributed by atoms with Crippen LogP contribution in [0.5, 0.6) is 0 Å². The Labute approximate surface area is 174 Å². The predicted molar refractivity (Wildman–Crippen MR) is 113 cm³/mol. The quantitative estimate of drug-likeness (QED) is 0.609. The number of carbonyl (C=O) groups is 3. The van der Waals surface area contributed by atoms with E-state index in [-0.39, 0.29) is 5.91 Å². The molecule has 2 amide bonds. The van der Waals surface area contributed by atoms with Gasteiger partial charge in [0.2, 0.25) is 5.91 Å². The van der Waals surface area contributed by atoms with Gasteiger partial charge in [-0.15, -0.1) is 0 Å². The maximum atomic E-state index is 12.8. The van der Waals surface area contributed by atoms with Gasteiger partial charge in [-0.05, 0) is 56.2 Å². The topological polar surface area (TPSA) is 75.7 Å². The van der Waals surface area contributed by atoms with E-state index >= 15 is 0 Å². The molecule has 29 heavy (non-hydrogen) atoms. The molecule has 0 aliphatic carbocycles. The molecule has 1 aliphatic heterocycles. The monoisotopic (exact) mass is 412 g/mol. The van der Waals surface area contributed by atoms with E-state index in [9.17, 15) is 14.4 Å². The van der Waals surface area contributed by atoms with Gasteiger partial charge in [-0.25, -0.2) is 4.79 Å². The molecule has 0 bridgehead atoms. The van der Waals surface area contributed by atoms with E-state index in [4.69, 9.17) is 16.3 Å². The first kappa shape index (κ1) is 20.6. The molecule has 7 heteroatoms. The highest BCUT2D eigenvalue weighted by molar-refractivity contribution is 6.31. The minimum absolute atomic E-state index is 0.313. The Bertz CT molecular complexity index is 1010. The summed E-state index contributed by atoms with van der Waals surface area (Å²) in [6.07, 6.45) is 2.79. The Balaban J connectivity index is 1.69. The molecule has 1 aliphatic rings. The van der Waals surface area contributed by atoms with E-state index in [1.807, 2.05) is 19.1 Å². The van der Waals surface area contributed by atoms with Crippen molar-refractivity contribution in [2.24, 2.45) is 0 Å². The highest BCUT2D eigenvalue weighted by Crippen LogP contribution is 2.36. The number of rotatable bonds is 4. The Hall–Kier alpha value is -3.12. The number of halogens is 1. The molecule has 2 aromatic rings. The molecule has 0 atom stereocenters. The fourth-order valence-electron chi connectivity index (χ4n) is 3.02. The van der Waals surface area contributed by atoms with Crippen LogP contribution < -0.4 is 10.2 Å². The smallest absolute Gasteiger partial charge is 0.331 e. The Morgan fingerprint density at radius 3 is 2.66 bits per heavy atom. The number of aryl methyl sites for hydroxylation is 1. The van der Waals surface area contributed by atoms with Gasteiger partial charge in [-0.1, -0.05) is 35.9 Å². The second-order valence-electron chi connectivity index (χ2n) is 7.21. The van der Waals surface area contributed by atoms with Crippen LogP contribution in [0.25, 0.3) is 6.08 Å². The minimum Gasteiger partial charge on any atom is -0.452 e. The normalized spacial score (nSPS) is 15.0. The molecule has 0 radical (unpaired) electrons. The zero-order valence-corrected chi connectivity index (χ0v) is 17.1. The van der Waals surface area contributed by atoms with Gasteiger partial charge in [0, 0.05) is 11.1 Å². The van der Waals surface area contributed by atoms with E-state index in [0.717, 1.165) is 11.1 Å². The van der Waals surface area contributed by atoms with E-state index < -0.39 is 24.0 Å². The lowest BCUT2D eigenvalue weighted by molar-refractivity contribution is -0.143. The average molecular weight is 413 g/mol. The largest absolute Gasteiger partial charge is 0.452 e. The van der Waals surface area contributed by atoms with Crippen molar-refractivity contribution in [3.8, 4) is 0 Å². The molecule has 2 aromatic carbocycles. The molecule has 1 heterocycles. The van der Waals surface area contributed by atoms with Crippen LogP contribution in [0.3, 0.4) is 0 Å². The van der Waals surface area contributed by atoms with E-state index in [2.05, 4.69) is 5.32 Å². The summed E-state index contributed by atoms with van der Waals surface area (Å²) >= 11 is 6.06. The van der Waals surface area contributed by atoms with Crippen molar-refractivity contribution < 1.29 is 19.1 Å². The first-order valence-corrected chi connectivity index (χ1v) is 9.42. The minimum atomic E-state index is -1.12. The summed E-state index contributed by atoms with van der Waals surface area (Å²) in [4.78, 5) is 38.6.